The van der Waals surface area contributed by atoms with E-state index in [0.717, 1.165) is 5.56 Å². The van der Waals surface area contributed by atoms with Crippen molar-refractivity contribution in [2.45, 2.75) is 25.8 Å². The van der Waals surface area contributed by atoms with Crippen LogP contribution in [0.1, 0.15) is 29.4 Å². The summed E-state index contributed by atoms with van der Waals surface area (Å²) in [5, 5.41) is 21.0. The Morgan fingerprint density at radius 2 is 2.09 bits per heavy atom. The van der Waals surface area contributed by atoms with Gasteiger partial charge in [0.05, 0.1) is 0 Å². The summed E-state index contributed by atoms with van der Waals surface area (Å²) in [6.45, 7) is 2.12. The Kier molecular flexibility index (Phi) is 4.05. The average Bonchev–Trinajstić information content (AvgIpc) is 3.09. The maximum Gasteiger partial charge on any atom is 0.323 e. The number of tetrazole rings is 1. The van der Waals surface area contributed by atoms with Gasteiger partial charge in [0.2, 0.25) is 5.91 Å². The summed E-state index contributed by atoms with van der Waals surface area (Å²) < 4.78 is 0. The number of hydrogen-bond donors (Lipinski definition) is 1. The number of aromatic nitrogens is 4. The van der Waals surface area contributed by atoms with Crippen LogP contribution in [0.15, 0.2) is 24.3 Å². The molecule has 1 fully saturated rings. The Labute approximate surface area is 132 Å². The molecule has 1 amide bonds. The lowest BCUT2D eigenvalue weighted by atomic mass is 10.1. The van der Waals surface area contributed by atoms with Gasteiger partial charge in [0.15, 0.2) is 11.9 Å². The number of nitrogens with zero attached hydrogens (tertiary/aromatic N) is 5. The van der Waals surface area contributed by atoms with E-state index in [1.165, 1.54) is 15.3 Å². The second-order valence-corrected chi connectivity index (χ2v) is 5.65. The molecule has 0 radical (unpaired) electrons. The molecule has 1 aromatic heterocycles. The first-order valence-electron chi connectivity index (χ1n) is 7.37. The maximum absolute atomic E-state index is 12.2. The Hall–Kier alpha value is -2.77. The van der Waals surface area contributed by atoms with E-state index in [0.29, 0.717) is 25.2 Å². The molecule has 0 aliphatic carbocycles. The third-order valence-corrected chi connectivity index (χ3v) is 3.83. The fourth-order valence-electron chi connectivity index (χ4n) is 2.60. The molecule has 0 spiro atoms. The van der Waals surface area contributed by atoms with Gasteiger partial charge in [0, 0.05) is 13.0 Å². The quantitative estimate of drug-likeness (QED) is 0.858. The summed E-state index contributed by atoms with van der Waals surface area (Å²) >= 11 is 0. The zero-order chi connectivity index (χ0) is 16.4. The molecular weight excluding hydrogens is 298 g/mol. The minimum atomic E-state index is -1.02. The van der Waals surface area contributed by atoms with Crippen molar-refractivity contribution in [3.8, 4) is 0 Å². The van der Waals surface area contributed by atoms with Crippen LogP contribution < -0.4 is 0 Å². The number of aryl methyl sites for hydroxylation is 1. The Balaban J connectivity index is 1.68. The summed E-state index contributed by atoms with van der Waals surface area (Å²) in [4.78, 5) is 25.5. The molecule has 8 nitrogen and oxygen atoms in total. The largest absolute Gasteiger partial charge is 0.480 e. The van der Waals surface area contributed by atoms with Crippen molar-refractivity contribution in [2.24, 2.45) is 0 Å². The van der Waals surface area contributed by atoms with Crippen molar-refractivity contribution in [2.75, 3.05) is 13.1 Å². The minimum Gasteiger partial charge on any atom is -0.480 e. The first-order valence-corrected chi connectivity index (χ1v) is 7.37. The number of carboxylic acid groups (broad SMARTS) is 1. The zero-order valence-corrected chi connectivity index (χ0v) is 12.7. The van der Waals surface area contributed by atoms with Gasteiger partial charge in [-0.1, -0.05) is 29.8 Å². The lowest BCUT2D eigenvalue weighted by Gasteiger charge is -2.12. The summed E-state index contributed by atoms with van der Waals surface area (Å²) in [6.07, 6.45) is 1.03. The zero-order valence-electron chi connectivity index (χ0n) is 12.7. The smallest absolute Gasteiger partial charge is 0.323 e. The minimum absolute atomic E-state index is 0.272. The predicted molar refractivity (Wildman–Crippen MR) is 79.7 cm³/mol. The number of rotatable bonds is 5. The third-order valence-electron chi connectivity index (χ3n) is 3.83. The first-order chi connectivity index (χ1) is 11.0. The van der Waals surface area contributed by atoms with Gasteiger partial charge in [-0.15, -0.1) is 10.2 Å². The van der Waals surface area contributed by atoms with E-state index >= 15 is 0 Å². The average molecular weight is 315 g/mol. The summed E-state index contributed by atoms with van der Waals surface area (Å²) in [6, 6.07) is 7.48. The number of benzene rings is 1. The standard InChI is InChI=1S/C15H17N5O3/c1-10-2-4-11(5-3-10)8-13-16-18-20(17-13)12-6-7-19(15(12)23)9-14(21)22/h2-5,12H,6-9H2,1H3,(H,21,22). The van der Waals surface area contributed by atoms with Gasteiger partial charge in [-0.3, -0.25) is 9.59 Å². The van der Waals surface area contributed by atoms with Gasteiger partial charge in [0.25, 0.3) is 0 Å². The van der Waals surface area contributed by atoms with E-state index in [1.807, 2.05) is 31.2 Å². The van der Waals surface area contributed by atoms with Crippen LogP contribution in [0.2, 0.25) is 0 Å². The van der Waals surface area contributed by atoms with Gasteiger partial charge in [-0.05, 0) is 24.1 Å². The predicted octanol–water partition coefficient (Wildman–Crippen LogP) is 0.430. The topological polar surface area (TPSA) is 101 Å². The highest BCUT2D eigenvalue weighted by molar-refractivity contribution is 5.85. The number of likely N-dealkylation sites (tertiary alicyclic amines) is 1. The third kappa shape index (κ3) is 3.36. The first kappa shape index (κ1) is 15.1. The number of hydrogen-bond acceptors (Lipinski definition) is 5. The van der Waals surface area contributed by atoms with Crippen LogP contribution in [0.3, 0.4) is 0 Å². The second kappa shape index (κ2) is 6.15. The van der Waals surface area contributed by atoms with Gasteiger partial charge < -0.3 is 10.0 Å². The summed E-state index contributed by atoms with van der Waals surface area (Å²) in [5.74, 6) is -0.754. The monoisotopic (exact) mass is 315 g/mol. The number of amides is 1. The van der Waals surface area contributed by atoms with Crippen molar-refractivity contribution in [3.05, 3.63) is 41.2 Å². The van der Waals surface area contributed by atoms with E-state index in [2.05, 4.69) is 15.4 Å². The summed E-state index contributed by atoms with van der Waals surface area (Å²) in [5.41, 5.74) is 2.25. The van der Waals surface area contributed by atoms with E-state index in [-0.39, 0.29) is 12.5 Å². The highest BCUT2D eigenvalue weighted by Gasteiger charge is 2.35. The fourth-order valence-corrected chi connectivity index (χ4v) is 2.60. The van der Waals surface area contributed by atoms with E-state index in [9.17, 15) is 9.59 Å². The normalized spacial score (nSPS) is 17.7. The molecule has 1 N–H and O–H groups in total. The molecule has 0 saturated carbocycles. The summed E-state index contributed by atoms with van der Waals surface area (Å²) in [7, 11) is 0. The van der Waals surface area contributed by atoms with Crippen LogP contribution in [0.4, 0.5) is 0 Å². The van der Waals surface area contributed by atoms with Crippen LogP contribution in [0.25, 0.3) is 0 Å². The van der Waals surface area contributed by atoms with Crippen LogP contribution in [-0.4, -0.2) is 55.2 Å². The number of carbonyl (C=O) groups is 2. The van der Waals surface area contributed by atoms with E-state index in [4.69, 9.17) is 5.11 Å². The number of carboxylic acids is 1. The van der Waals surface area contributed by atoms with Crippen molar-refractivity contribution >= 4 is 11.9 Å². The SMILES string of the molecule is Cc1ccc(Cc2nnn(C3CCN(CC(=O)O)C3=O)n2)cc1. The maximum atomic E-state index is 12.2. The molecule has 2 heterocycles. The van der Waals surface area contributed by atoms with Crippen LogP contribution in [0.5, 0.6) is 0 Å². The molecule has 1 aliphatic rings. The van der Waals surface area contributed by atoms with Crippen LogP contribution in [-0.2, 0) is 16.0 Å². The molecule has 1 aliphatic heterocycles. The molecular formula is C15H17N5O3. The van der Waals surface area contributed by atoms with Gasteiger partial charge in [-0.2, -0.15) is 4.80 Å². The highest BCUT2D eigenvalue weighted by atomic mass is 16.4. The van der Waals surface area contributed by atoms with E-state index in [1.54, 1.807) is 0 Å². The second-order valence-electron chi connectivity index (χ2n) is 5.65. The Morgan fingerprint density at radius 3 is 2.78 bits per heavy atom. The van der Waals surface area contributed by atoms with Crippen LogP contribution >= 0.6 is 0 Å². The lowest BCUT2D eigenvalue weighted by molar-refractivity contribution is -0.143. The van der Waals surface area contributed by atoms with Crippen molar-refractivity contribution < 1.29 is 14.7 Å². The Bertz CT molecular complexity index is 725. The number of carbonyl (C=O) groups excluding carboxylic acids is 1. The Morgan fingerprint density at radius 1 is 1.35 bits per heavy atom. The molecule has 3 rings (SSSR count). The molecule has 1 atom stereocenters. The molecule has 1 aromatic carbocycles. The number of aliphatic carboxylic acids is 1. The molecule has 1 unspecified atom stereocenters. The lowest BCUT2D eigenvalue weighted by Crippen LogP contribution is -2.33. The van der Waals surface area contributed by atoms with Gasteiger partial charge >= 0.3 is 5.97 Å². The van der Waals surface area contributed by atoms with Gasteiger partial charge in [0.1, 0.15) is 6.54 Å². The molecule has 2 aromatic rings. The molecule has 1 saturated heterocycles. The van der Waals surface area contributed by atoms with Crippen LogP contribution in [0, 0.1) is 6.92 Å². The molecule has 23 heavy (non-hydrogen) atoms. The van der Waals surface area contributed by atoms with Crippen molar-refractivity contribution in [1.29, 1.82) is 0 Å². The van der Waals surface area contributed by atoms with E-state index < -0.39 is 12.0 Å². The van der Waals surface area contributed by atoms with Gasteiger partial charge in [-0.25, -0.2) is 0 Å². The molecule has 0 bridgehead atoms. The van der Waals surface area contributed by atoms with Crippen molar-refractivity contribution in [3.63, 3.8) is 0 Å². The highest BCUT2D eigenvalue weighted by Crippen LogP contribution is 2.21. The molecule has 120 valence electrons. The molecule has 8 heteroatoms. The van der Waals surface area contributed by atoms with Crippen molar-refractivity contribution in [1.82, 2.24) is 25.1 Å². The fraction of sp³-hybridized carbons (Fsp3) is 0.400.